The third-order valence-electron chi connectivity index (χ3n) is 2.62. The van der Waals surface area contributed by atoms with Gasteiger partial charge in [0, 0.05) is 18.7 Å². The van der Waals surface area contributed by atoms with Crippen LogP contribution < -0.4 is 5.32 Å². The van der Waals surface area contributed by atoms with Crippen LogP contribution in [0.3, 0.4) is 0 Å². The van der Waals surface area contributed by atoms with E-state index in [1.54, 1.807) is 6.07 Å². The number of nitrogens with zero attached hydrogens (tertiary/aromatic N) is 2. The number of anilines is 1. The molecule has 0 saturated carbocycles. The number of halogens is 2. The maximum atomic E-state index is 5.91. The second-order valence-corrected chi connectivity index (χ2v) is 4.60. The van der Waals surface area contributed by atoms with Gasteiger partial charge in [0.2, 0.25) is 0 Å². The fourth-order valence-electron chi connectivity index (χ4n) is 1.79. The van der Waals surface area contributed by atoms with Crippen LogP contribution in [-0.2, 0) is 4.74 Å². The van der Waals surface area contributed by atoms with Crippen LogP contribution in [-0.4, -0.2) is 29.0 Å². The maximum absolute atomic E-state index is 5.91. The highest BCUT2D eigenvalue weighted by Crippen LogP contribution is 2.24. The summed E-state index contributed by atoms with van der Waals surface area (Å²) in [4.78, 5) is 0. The van der Waals surface area contributed by atoms with Crippen LogP contribution in [0.15, 0.2) is 6.07 Å². The van der Waals surface area contributed by atoms with Gasteiger partial charge in [-0.25, -0.2) is 0 Å². The van der Waals surface area contributed by atoms with E-state index < -0.39 is 0 Å². The Kier molecular flexibility index (Phi) is 3.84. The molecule has 1 fully saturated rings. The summed E-state index contributed by atoms with van der Waals surface area (Å²) in [6.07, 6.45) is 2.40. The van der Waals surface area contributed by atoms with Crippen molar-refractivity contribution in [1.29, 1.82) is 0 Å². The molecule has 4 nitrogen and oxygen atoms in total. The van der Waals surface area contributed by atoms with Crippen molar-refractivity contribution in [2.75, 3.05) is 11.9 Å². The number of nitrogens with one attached hydrogen (secondary N) is 1. The zero-order valence-electron chi connectivity index (χ0n) is 8.91. The topological polar surface area (TPSA) is 47.0 Å². The molecule has 2 atom stereocenters. The van der Waals surface area contributed by atoms with Gasteiger partial charge in [0.15, 0.2) is 10.3 Å². The number of ether oxygens (including phenoxy) is 1. The molecule has 2 unspecified atom stereocenters. The van der Waals surface area contributed by atoms with Gasteiger partial charge in [-0.3, -0.25) is 0 Å². The Morgan fingerprint density at radius 2 is 2.31 bits per heavy atom. The maximum Gasteiger partial charge on any atom is 0.174 e. The molecule has 1 N–H and O–H groups in total. The number of hydrogen-bond donors (Lipinski definition) is 1. The molecule has 1 aromatic heterocycles. The third-order valence-corrected chi connectivity index (χ3v) is 3.09. The molecule has 6 heteroatoms. The summed E-state index contributed by atoms with van der Waals surface area (Å²) in [5.74, 6) is 0. The van der Waals surface area contributed by atoms with Crippen LogP contribution >= 0.6 is 23.2 Å². The Morgan fingerprint density at radius 1 is 1.50 bits per heavy atom. The minimum Gasteiger partial charge on any atom is -0.377 e. The second kappa shape index (κ2) is 5.17. The van der Waals surface area contributed by atoms with Crippen molar-refractivity contribution in [3.63, 3.8) is 0 Å². The first kappa shape index (κ1) is 11.9. The largest absolute Gasteiger partial charge is 0.377 e. The molecular formula is C10H13Cl2N3O. The lowest BCUT2D eigenvalue weighted by Crippen LogP contribution is -2.30. The summed E-state index contributed by atoms with van der Waals surface area (Å²) in [5, 5.41) is 11.3. The second-order valence-electron chi connectivity index (χ2n) is 3.86. The standard InChI is InChI=1S/C10H13Cl2N3O/c1-6(8-3-2-4-16-8)13-7-5-9(11)14-15-10(7)12/h5-6,8H,2-4H2,1H3,(H,13,14). The number of aromatic nitrogens is 2. The molecule has 1 aliphatic heterocycles. The van der Waals surface area contributed by atoms with Crippen molar-refractivity contribution >= 4 is 28.9 Å². The molecule has 16 heavy (non-hydrogen) atoms. The molecule has 1 aliphatic rings. The van der Waals surface area contributed by atoms with Crippen LogP contribution in [0.5, 0.6) is 0 Å². The highest BCUT2D eigenvalue weighted by Gasteiger charge is 2.22. The zero-order valence-corrected chi connectivity index (χ0v) is 10.4. The first-order valence-corrected chi connectivity index (χ1v) is 5.99. The highest BCUT2D eigenvalue weighted by molar-refractivity contribution is 6.33. The Labute approximate surface area is 104 Å². The molecule has 2 rings (SSSR count). The molecule has 1 aromatic rings. The summed E-state index contributed by atoms with van der Waals surface area (Å²) in [6, 6.07) is 1.85. The van der Waals surface area contributed by atoms with Gasteiger partial charge in [-0.05, 0) is 19.8 Å². The van der Waals surface area contributed by atoms with Gasteiger partial charge in [-0.15, -0.1) is 10.2 Å². The lowest BCUT2D eigenvalue weighted by atomic mass is 10.1. The molecule has 0 radical (unpaired) electrons. The van der Waals surface area contributed by atoms with E-state index in [0.29, 0.717) is 16.0 Å². The van der Waals surface area contributed by atoms with E-state index >= 15 is 0 Å². The van der Waals surface area contributed by atoms with Crippen LogP contribution in [0.25, 0.3) is 0 Å². The van der Waals surface area contributed by atoms with Crippen molar-refractivity contribution in [2.24, 2.45) is 0 Å². The van der Waals surface area contributed by atoms with Crippen LogP contribution in [0, 0.1) is 0 Å². The number of rotatable bonds is 3. The van der Waals surface area contributed by atoms with E-state index in [9.17, 15) is 0 Å². The molecule has 1 saturated heterocycles. The van der Waals surface area contributed by atoms with E-state index in [1.807, 2.05) is 0 Å². The third kappa shape index (κ3) is 2.75. The van der Waals surface area contributed by atoms with Crippen molar-refractivity contribution in [3.05, 3.63) is 16.4 Å². The average molecular weight is 262 g/mol. The Balaban J connectivity index is 2.04. The van der Waals surface area contributed by atoms with E-state index in [4.69, 9.17) is 27.9 Å². The molecule has 0 bridgehead atoms. The van der Waals surface area contributed by atoms with Gasteiger partial charge in [-0.1, -0.05) is 23.2 Å². The Bertz CT molecular complexity index is 369. The molecule has 0 aliphatic carbocycles. The van der Waals surface area contributed by atoms with Crippen molar-refractivity contribution in [2.45, 2.75) is 31.9 Å². The average Bonchev–Trinajstić information content (AvgIpc) is 2.76. The lowest BCUT2D eigenvalue weighted by molar-refractivity contribution is 0.0996. The van der Waals surface area contributed by atoms with Crippen LogP contribution in [0.1, 0.15) is 19.8 Å². The van der Waals surface area contributed by atoms with Crippen LogP contribution in [0.2, 0.25) is 10.3 Å². The molecular weight excluding hydrogens is 249 g/mol. The fraction of sp³-hybridized carbons (Fsp3) is 0.600. The summed E-state index contributed by atoms with van der Waals surface area (Å²) in [6.45, 7) is 2.89. The van der Waals surface area contributed by atoms with Gasteiger partial charge < -0.3 is 10.1 Å². The Morgan fingerprint density at radius 3 is 3.00 bits per heavy atom. The molecule has 88 valence electrons. The Hall–Kier alpha value is -0.580. The minimum atomic E-state index is 0.181. The predicted molar refractivity (Wildman–Crippen MR) is 64.1 cm³/mol. The van der Waals surface area contributed by atoms with E-state index in [-0.39, 0.29) is 12.1 Å². The predicted octanol–water partition coefficient (Wildman–Crippen LogP) is 2.76. The van der Waals surface area contributed by atoms with Gasteiger partial charge in [0.05, 0.1) is 11.8 Å². The monoisotopic (exact) mass is 261 g/mol. The normalized spacial score (nSPS) is 22.1. The first-order valence-electron chi connectivity index (χ1n) is 5.23. The van der Waals surface area contributed by atoms with Crippen molar-refractivity contribution < 1.29 is 4.74 Å². The smallest absolute Gasteiger partial charge is 0.174 e. The van der Waals surface area contributed by atoms with Crippen molar-refractivity contribution in [3.8, 4) is 0 Å². The van der Waals surface area contributed by atoms with Crippen molar-refractivity contribution in [1.82, 2.24) is 10.2 Å². The summed E-state index contributed by atoms with van der Waals surface area (Å²) in [5.41, 5.74) is 0.699. The van der Waals surface area contributed by atoms with E-state index in [2.05, 4.69) is 22.4 Å². The highest BCUT2D eigenvalue weighted by atomic mass is 35.5. The molecule has 0 aromatic carbocycles. The zero-order chi connectivity index (χ0) is 11.5. The first-order chi connectivity index (χ1) is 7.66. The van der Waals surface area contributed by atoms with E-state index in [0.717, 1.165) is 19.4 Å². The summed E-state index contributed by atoms with van der Waals surface area (Å²) < 4.78 is 5.58. The molecule has 0 amide bonds. The fourth-order valence-corrected chi connectivity index (χ4v) is 2.08. The van der Waals surface area contributed by atoms with Gasteiger partial charge in [0.25, 0.3) is 0 Å². The number of hydrogen-bond acceptors (Lipinski definition) is 4. The summed E-state index contributed by atoms with van der Waals surface area (Å²) >= 11 is 11.7. The summed E-state index contributed by atoms with van der Waals surface area (Å²) in [7, 11) is 0. The minimum absolute atomic E-state index is 0.181. The quantitative estimate of drug-likeness (QED) is 0.909. The van der Waals surface area contributed by atoms with Gasteiger partial charge in [-0.2, -0.15) is 0 Å². The molecule has 0 spiro atoms. The van der Waals surface area contributed by atoms with E-state index in [1.165, 1.54) is 0 Å². The SMILES string of the molecule is CC(Nc1cc(Cl)nnc1Cl)C1CCCO1. The lowest BCUT2D eigenvalue weighted by Gasteiger charge is -2.21. The van der Waals surface area contributed by atoms with Crippen LogP contribution in [0.4, 0.5) is 5.69 Å². The van der Waals surface area contributed by atoms with Gasteiger partial charge >= 0.3 is 0 Å². The van der Waals surface area contributed by atoms with Gasteiger partial charge in [0.1, 0.15) is 0 Å². The molecule has 2 heterocycles.